The molecule has 2 heterocycles. The molecule has 2 aromatic carbocycles. The number of carbonyl (C=O) groups is 1. The van der Waals surface area contributed by atoms with Crippen LogP contribution in [0.5, 0.6) is 0 Å². The molecule has 0 saturated carbocycles. The van der Waals surface area contributed by atoms with Gasteiger partial charge in [-0.15, -0.1) is 0 Å². The second kappa shape index (κ2) is 7.97. The fourth-order valence-corrected chi connectivity index (χ4v) is 3.98. The zero-order valence-corrected chi connectivity index (χ0v) is 16.1. The molecular weight excluding hydrogens is 350 g/mol. The van der Waals surface area contributed by atoms with Crippen LogP contribution >= 0.6 is 0 Å². The van der Waals surface area contributed by atoms with E-state index in [2.05, 4.69) is 41.4 Å². The summed E-state index contributed by atoms with van der Waals surface area (Å²) in [6.07, 6.45) is 4.27. The van der Waals surface area contributed by atoms with E-state index in [-0.39, 0.29) is 11.5 Å². The number of nitrogens with one attached hydrogen (secondary N) is 1. The lowest BCUT2D eigenvalue weighted by Gasteiger charge is -2.32. The highest BCUT2D eigenvalue weighted by Crippen LogP contribution is 2.24. The van der Waals surface area contributed by atoms with Crippen molar-refractivity contribution in [3.8, 4) is 0 Å². The minimum absolute atomic E-state index is 0.0931. The molecule has 0 unspecified atom stereocenters. The molecule has 1 amide bonds. The first-order valence-corrected chi connectivity index (χ1v) is 9.94. The molecule has 0 atom stereocenters. The molecule has 5 nitrogen and oxygen atoms in total. The van der Waals surface area contributed by atoms with Crippen molar-refractivity contribution in [3.63, 3.8) is 0 Å². The van der Waals surface area contributed by atoms with E-state index in [0.717, 1.165) is 38.8 Å². The van der Waals surface area contributed by atoms with Gasteiger partial charge in [0.05, 0.1) is 5.39 Å². The topological polar surface area (TPSA) is 66.1 Å². The lowest BCUT2D eigenvalue weighted by molar-refractivity contribution is 0.0682. The fourth-order valence-electron chi connectivity index (χ4n) is 3.98. The van der Waals surface area contributed by atoms with Gasteiger partial charge in [-0.2, -0.15) is 5.10 Å². The Labute approximate surface area is 164 Å². The fraction of sp³-hybridized carbons (Fsp3) is 0.348. The number of H-pyrrole nitrogens is 1. The summed E-state index contributed by atoms with van der Waals surface area (Å²) in [5.41, 5.74) is 2.75. The largest absolute Gasteiger partial charge is 0.337 e. The van der Waals surface area contributed by atoms with Crippen LogP contribution in [0.2, 0.25) is 0 Å². The van der Waals surface area contributed by atoms with E-state index in [4.69, 9.17) is 0 Å². The maximum atomic E-state index is 13.0. The third-order valence-electron chi connectivity index (χ3n) is 5.76. The minimum atomic E-state index is -0.262. The van der Waals surface area contributed by atoms with Crippen molar-refractivity contribution in [3.05, 3.63) is 75.7 Å². The summed E-state index contributed by atoms with van der Waals surface area (Å²) in [5, 5.41) is 7.65. The molecule has 1 fully saturated rings. The second-order valence-electron chi connectivity index (χ2n) is 7.71. The Morgan fingerprint density at radius 2 is 1.75 bits per heavy atom. The van der Waals surface area contributed by atoms with E-state index in [1.54, 1.807) is 18.2 Å². The van der Waals surface area contributed by atoms with Gasteiger partial charge in [0.15, 0.2) is 5.69 Å². The molecule has 144 valence electrons. The Morgan fingerprint density at radius 3 is 2.46 bits per heavy atom. The van der Waals surface area contributed by atoms with Crippen LogP contribution in [0.1, 0.15) is 40.9 Å². The average molecular weight is 375 g/mol. The Morgan fingerprint density at radius 1 is 1.07 bits per heavy atom. The number of fused-ring (bicyclic) bond motifs is 1. The molecule has 4 rings (SSSR count). The molecule has 3 aromatic rings. The number of amides is 1. The Balaban J connectivity index is 1.39. The lowest BCUT2D eigenvalue weighted by atomic mass is 9.90. The number of rotatable bonds is 4. The number of hydrogen-bond donors (Lipinski definition) is 1. The van der Waals surface area contributed by atoms with Crippen LogP contribution in [0.25, 0.3) is 10.8 Å². The molecule has 0 radical (unpaired) electrons. The SMILES string of the molecule is Cc1ccc(CCC2CCN(C(=O)c3n[nH]c(=O)c4ccccc34)CC2)cc1. The molecule has 1 aromatic heterocycles. The number of aryl methyl sites for hydroxylation is 2. The van der Waals surface area contributed by atoms with Gasteiger partial charge in [0.25, 0.3) is 11.5 Å². The first kappa shape index (κ1) is 18.4. The summed E-state index contributed by atoms with van der Waals surface area (Å²) in [7, 11) is 0. The van der Waals surface area contributed by atoms with Crippen molar-refractivity contribution in [2.45, 2.75) is 32.6 Å². The van der Waals surface area contributed by atoms with Crippen LogP contribution in [-0.2, 0) is 6.42 Å². The zero-order chi connectivity index (χ0) is 19.5. The van der Waals surface area contributed by atoms with Crippen LogP contribution in [0.4, 0.5) is 0 Å². The predicted octanol–water partition coefficient (Wildman–Crippen LogP) is 3.72. The van der Waals surface area contributed by atoms with Gasteiger partial charge < -0.3 is 4.90 Å². The summed E-state index contributed by atoms with van der Waals surface area (Å²) in [6, 6.07) is 15.9. The lowest BCUT2D eigenvalue weighted by Crippen LogP contribution is -2.39. The quantitative estimate of drug-likeness (QED) is 0.756. The maximum Gasteiger partial charge on any atom is 0.274 e. The van der Waals surface area contributed by atoms with Gasteiger partial charge in [-0.25, -0.2) is 5.10 Å². The van der Waals surface area contributed by atoms with Crippen molar-refractivity contribution in [2.75, 3.05) is 13.1 Å². The van der Waals surface area contributed by atoms with Crippen LogP contribution in [-0.4, -0.2) is 34.1 Å². The van der Waals surface area contributed by atoms with Gasteiger partial charge in [-0.05, 0) is 50.2 Å². The number of benzene rings is 2. The van der Waals surface area contributed by atoms with Gasteiger partial charge in [-0.1, -0.05) is 48.0 Å². The number of aromatic amines is 1. The molecule has 0 bridgehead atoms. The highest BCUT2D eigenvalue weighted by atomic mass is 16.2. The molecule has 28 heavy (non-hydrogen) atoms. The van der Waals surface area contributed by atoms with Crippen LogP contribution < -0.4 is 5.56 Å². The third kappa shape index (κ3) is 3.84. The van der Waals surface area contributed by atoms with Gasteiger partial charge in [0.1, 0.15) is 0 Å². The highest BCUT2D eigenvalue weighted by Gasteiger charge is 2.26. The van der Waals surface area contributed by atoms with E-state index in [9.17, 15) is 9.59 Å². The molecule has 1 N–H and O–H groups in total. The predicted molar refractivity (Wildman–Crippen MR) is 110 cm³/mol. The van der Waals surface area contributed by atoms with Gasteiger partial charge in [0.2, 0.25) is 0 Å². The molecule has 0 spiro atoms. The third-order valence-corrected chi connectivity index (χ3v) is 5.76. The van der Waals surface area contributed by atoms with E-state index in [0.29, 0.717) is 22.4 Å². The number of likely N-dealkylation sites (tertiary alicyclic amines) is 1. The van der Waals surface area contributed by atoms with Crippen molar-refractivity contribution in [1.29, 1.82) is 0 Å². The zero-order valence-electron chi connectivity index (χ0n) is 16.1. The van der Waals surface area contributed by atoms with E-state index < -0.39 is 0 Å². The Kier molecular flexibility index (Phi) is 5.24. The number of nitrogens with zero attached hydrogens (tertiary/aromatic N) is 2. The number of hydrogen-bond acceptors (Lipinski definition) is 3. The first-order valence-electron chi connectivity index (χ1n) is 9.94. The standard InChI is InChI=1S/C23H25N3O2/c1-16-6-8-17(9-7-16)10-11-18-12-14-26(15-13-18)23(28)21-19-4-2-3-5-20(19)22(27)25-24-21/h2-9,18H,10-15H2,1H3,(H,25,27). The highest BCUT2D eigenvalue weighted by molar-refractivity contribution is 6.04. The summed E-state index contributed by atoms with van der Waals surface area (Å²) >= 11 is 0. The Hall–Kier alpha value is -2.95. The average Bonchev–Trinajstić information content (AvgIpc) is 2.74. The van der Waals surface area contributed by atoms with Crippen molar-refractivity contribution in [2.24, 2.45) is 5.92 Å². The summed E-state index contributed by atoms with van der Waals surface area (Å²) in [5.74, 6) is 0.551. The van der Waals surface area contributed by atoms with E-state index in [1.807, 2.05) is 11.0 Å². The molecule has 1 aliphatic rings. The Bertz CT molecular complexity index is 1030. The maximum absolute atomic E-state index is 13.0. The van der Waals surface area contributed by atoms with Crippen molar-refractivity contribution < 1.29 is 4.79 Å². The van der Waals surface area contributed by atoms with E-state index >= 15 is 0 Å². The normalized spacial score (nSPS) is 15.1. The first-order chi connectivity index (χ1) is 13.6. The number of aromatic nitrogens is 2. The summed E-state index contributed by atoms with van der Waals surface area (Å²) < 4.78 is 0. The van der Waals surface area contributed by atoms with Crippen LogP contribution in [0, 0.1) is 12.8 Å². The summed E-state index contributed by atoms with van der Waals surface area (Å²) in [4.78, 5) is 26.8. The smallest absolute Gasteiger partial charge is 0.274 e. The summed E-state index contributed by atoms with van der Waals surface area (Å²) in [6.45, 7) is 3.59. The van der Waals surface area contributed by atoms with Crippen molar-refractivity contribution >= 4 is 16.7 Å². The van der Waals surface area contributed by atoms with Gasteiger partial charge in [0, 0.05) is 18.5 Å². The monoisotopic (exact) mass is 375 g/mol. The van der Waals surface area contributed by atoms with Gasteiger partial charge >= 0.3 is 0 Å². The minimum Gasteiger partial charge on any atom is -0.337 e. The number of piperidine rings is 1. The molecule has 0 aliphatic carbocycles. The van der Waals surface area contributed by atoms with Crippen LogP contribution in [0.3, 0.4) is 0 Å². The molecule has 1 aliphatic heterocycles. The van der Waals surface area contributed by atoms with E-state index in [1.165, 1.54) is 11.1 Å². The van der Waals surface area contributed by atoms with Gasteiger partial charge in [-0.3, -0.25) is 9.59 Å². The number of carbonyl (C=O) groups excluding carboxylic acids is 1. The molecular formula is C23H25N3O2. The second-order valence-corrected chi connectivity index (χ2v) is 7.71. The molecule has 5 heteroatoms. The van der Waals surface area contributed by atoms with Crippen molar-refractivity contribution in [1.82, 2.24) is 15.1 Å². The molecule has 1 saturated heterocycles. The van der Waals surface area contributed by atoms with Crippen LogP contribution in [0.15, 0.2) is 53.3 Å².